The van der Waals surface area contributed by atoms with E-state index in [1.165, 1.54) is 30.5 Å². The number of aromatic nitrogens is 1. The van der Waals surface area contributed by atoms with Crippen molar-refractivity contribution in [3.8, 4) is 0 Å². The van der Waals surface area contributed by atoms with Crippen molar-refractivity contribution < 1.29 is 13.6 Å². The zero-order chi connectivity index (χ0) is 15.2. The van der Waals surface area contributed by atoms with Crippen molar-refractivity contribution in [3.63, 3.8) is 0 Å². The Balaban J connectivity index is 2.19. The molecule has 0 bridgehead atoms. The monoisotopic (exact) mass is 291 g/mol. The van der Waals surface area contributed by atoms with Gasteiger partial charge in [-0.05, 0) is 30.7 Å². The lowest BCUT2D eigenvalue weighted by Gasteiger charge is -2.09. The van der Waals surface area contributed by atoms with Crippen molar-refractivity contribution in [1.29, 1.82) is 0 Å². The summed E-state index contributed by atoms with van der Waals surface area (Å²) in [5, 5.41) is 5.25. The number of carbonyl (C=O) groups excluding carboxylic acids is 1. The van der Waals surface area contributed by atoms with Gasteiger partial charge in [0.05, 0.1) is 5.56 Å². The molecule has 2 rings (SSSR count). The van der Waals surface area contributed by atoms with E-state index in [0.717, 1.165) is 12.5 Å². The highest BCUT2D eigenvalue weighted by molar-refractivity contribution is 6.04. The van der Waals surface area contributed by atoms with Gasteiger partial charge in [0, 0.05) is 18.4 Å². The Morgan fingerprint density at radius 3 is 2.81 bits per heavy atom. The third-order valence-electron chi connectivity index (χ3n) is 2.76. The number of anilines is 2. The lowest BCUT2D eigenvalue weighted by molar-refractivity contribution is 0.102. The number of hydrogen-bond donors (Lipinski definition) is 2. The topological polar surface area (TPSA) is 54.0 Å². The lowest BCUT2D eigenvalue weighted by atomic mass is 10.2. The fraction of sp³-hybridized carbons (Fsp3) is 0.200. The van der Waals surface area contributed by atoms with Gasteiger partial charge in [0.1, 0.15) is 5.82 Å². The number of nitrogens with zero attached hydrogens (tertiary/aromatic N) is 1. The van der Waals surface area contributed by atoms with Gasteiger partial charge in [-0.15, -0.1) is 0 Å². The smallest absolute Gasteiger partial charge is 0.258 e. The largest absolute Gasteiger partial charge is 0.368 e. The summed E-state index contributed by atoms with van der Waals surface area (Å²) in [5.41, 5.74) is 0.118. The molecule has 0 aliphatic rings. The number of carbonyl (C=O) groups is 1. The zero-order valence-corrected chi connectivity index (χ0v) is 11.5. The van der Waals surface area contributed by atoms with E-state index in [-0.39, 0.29) is 17.1 Å². The van der Waals surface area contributed by atoms with Crippen LogP contribution in [0, 0.1) is 11.6 Å². The molecule has 0 atom stereocenters. The van der Waals surface area contributed by atoms with Crippen LogP contribution in [0.15, 0.2) is 36.5 Å². The highest BCUT2D eigenvalue weighted by atomic mass is 19.1. The van der Waals surface area contributed by atoms with Crippen LogP contribution in [0.4, 0.5) is 20.3 Å². The Kier molecular flexibility index (Phi) is 4.81. The van der Waals surface area contributed by atoms with Crippen molar-refractivity contribution in [2.24, 2.45) is 0 Å². The van der Waals surface area contributed by atoms with E-state index >= 15 is 0 Å². The molecule has 0 radical (unpaired) electrons. The fourth-order valence-corrected chi connectivity index (χ4v) is 1.75. The molecule has 0 aliphatic heterocycles. The maximum Gasteiger partial charge on any atom is 0.258 e. The highest BCUT2D eigenvalue weighted by Gasteiger charge is 2.16. The third kappa shape index (κ3) is 3.75. The Morgan fingerprint density at radius 2 is 2.10 bits per heavy atom. The standard InChI is InChI=1S/C15H15F2N3O/c1-2-7-18-14-13(17)12(6-8-19-14)15(21)20-11-5-3-4-10(16)9-11/h3-6,8-9H,2,7H2,1H3,(H,18,19)(H,20,21). The van der Waals surface area contributed by atoms with Crippen LogP contribution >= 0.6 is 0 Å². The lowest BCUT2D eigenvalue weighted by Crippen LogP contribution is -2.16. The van der Waals surface area contributed by atoms with Crippen LogP contribution in [0.1, 0.15) is 23.7 Å². The number of halogens is 2. The van der Waals surface area contributed by atoms with Crippen LogP contribution in [0.25, 0.3) is 0 Å². The molecule has 0 fully saturated rings. The Bertz CT molecular complexity index is 647. The first-order chi connectivity index (χ1) is 10.1. The van der Waals surface area contributed by atoms with E-state index in [2.05, 4.69) is 15.6 Å². The molecule has 4 nitrogen and oxygen atoms in total. The van der Waals surface area contributed by atoms with Crippen molar-refractivity contribution in [3.05, 3.63) is 53.7 Å². The van der Waals surface area contributed by atoms with Gasteiger partial charge in [0.25, 0.3) is 5.91 Å². The molecule has 0 saturated heterocycles. The number of amides is 1. The van der Waals surface area contributed by atoms with Crippen LogP contribution in [0.2, 0.25) is 0 Å². The summed E-state index contributed by atoms with van der Waals surface area (Å²) in [6, 6.07) is 6.68. The molecule has 1 aromatic heterocycles. The molecule has 0 spiro atoms. The summed E-state index contributed by atoms with van der Waals surface area (Å²) in [6.07, 6.45) is 2.16. The van der Waals surface area contributed by atoms with Crippen molar-refractivity contribution in [2.45, 2.75) is 13.3 Å². The minimum absolute atomic E-state index is 0.0312. The highest BCUT2D eigenvalue weighted by Crippen LogP contribution is 2.17. The van der Waals surface area contributed by atoms with Gasteiger partial charge in [-0.1, -0.05) is 13.0 Å². The van der Waals surface area contributed by atoms with E-state index in [4.69, 9.17) is 0 Å². The summed E-state index contributed by atoms with van der Waals surface area (Å²) in [5.74, 6) is -1.82. The first-order valence-corrected chi connectivity index (χ1v) is 6.57. The average molecular weight is 291 g/mol. The van der Waals surface area contributed by atoms with Gasteiger partial charge < -0.3 is 10.6 Å². The molecule has 0 aliphatic carbocycles. The number of nitrogens with one attached hydrogen (secondary N) is 2. The summed E-state index contributed by atoms with van der Waals surface area (Å²) in [6.45, 7) is 2.49. The summed E-state index contributed by atoms with van der Waals surface area (Å²) in [7, 11) is 0. The van der Waals surface area contributed by atoms with Gasteiger partial charge in [-0.2, -0.15) is 0 Å². The van der Waals surface area contributed by atoms with E-state index < -0.39 is 17.5 Å². The first kappa shape index (κ1) is 14.9. The number of pyridine rings is 1. The van der Waals surface area contributed by atoms with Crippen molar-refractivity contribution >= 4 is 17.4 Å². The molecule has 2 aromatic rings. The fourth-order valence-electron chi connectivity index (χ4n) is 1.75. The van der Waals surface area contributed by atoms with Crippen LogP contribution in [0.5, 0.6) is 0 Å². The molecule has 2 N–H and O–H groups in total. The number of hydrogen-bond acceptors (Lipinski definition) is 3. The van der Waals surface area contributed by atoms with E-state index in [0.29, 0.717) is 6.54 Å². The third-order valence-corrected chi connectivity index (χ3v) is 2.76. The normalized spacial score (nSPS) is 10.2. The molecule has 0 saturated carbocycles. The van der Waals surface area contributed by atoms with Gasteiger partial charge in [-0.3, -0.25) is 4.79 Å². The molecule has 1 amide bonds. The van der Waals surface area contributed by atoms with Gasteiger partial charge in [-0.25, -0.2) is 13.8 Å². The second-order valence-electron chi connectivity index (χ2n) is 4.41. The van der Waals surface area contributed by atoms with Crippen molar-refractivity contribution in [1.82, 2.24) is 4.98 Å². The van der Waals surface area contributed by atoms with E-state index in [9.17, 15) is 13.6 Å². The zero-order valence-electron chi connectivity index (χ0n) is 11.5. The van der Waals surface area contributed by atoms with Gasteiger partial charge in [0.15, 0.2) is 11.6 Å². The summed E-state index contributed by atoms with van der Waals surface area (Å²) in [4.78, 5) is 15.9. The molecular weight excluding hydrogens is 276 g/mol. The van der Waals surface area contributed by atoms with Gasteiger partial charge in [0.2, 0.25) is 0 Å². The van der Waals surface area contributed by atoms with Crippen molar-refractivity contribution in [2.75, 3.05) is 17.2 Å². The Labute approximate surface area is 121 Å². The predicted molar refractivity (Wildman–Crippen MR) is 77.3 cm³/mol. The quantitative estimate of drug-likeness (QED) is 0.887. The number of rotatable bonds is 5. The molecule has 1 heterocycles. The molecular formula is C15H15F2N3O. The van der Waals surface area contributed by atoms with Crippen LogP contribution in [0.3, 0.4) is 0 Å². The van der Waals surface area contributed by atoms with E-state index in [1.54, 1.807) is 0 Å². The maximum absolute atomic E-state index is 14.2. The second-order valence-corrected chi connectivity index (χ2v) is 4.41. The molecule has 1 aromatic carbocycles. The predicted octanol–water partition coefficient (Wildman–Crippen LogP) is 3.43. The maximum atomic E-state index is 14.2. The summed E-state index contributed by atoms with van der Waals surface area (Å²) >= 11 is 0. The first-order valence-electron chi connectivity index (χ1n) is 6.57. The SMILES string of the molecule is CCCNc1nccc(C(=O)Nc2cccc(F)c2)c1F. The second kappa shape index (κ2) is 6.78. The van der Waals surface area contributed by atoms with Crippen LogP contribution < -0.4 is 10.6 Å². The van der Waals surface area contributed by atoms with E-state index in [1.807, 2.05) is 6.92 Å². The molecule has 0 unspecified atom stereocenters. The minimum atomic E-state index is -0.722. The Hall–Kier alpha value is -2.50. The molecule has 6 heteroatoms. The van der Waals surface area contributed by atoms with Crippen LogP contribution in [-0.2, 0) is 0 Å². The van der Waals surface area contributed by atoms with Gasteiger partial charge >= 0.3 is 0 Å². The average Bonchev–Trinajstić information content (AvgIpc) is 2.46. The summed E-state index contributed by atoms with van der Waals surface area (Å²) < 4.78 is 27.2. The Morgan fingerprint density at radius 1 is 1.29 bits per heavy atom. The minimum Gasteiger partial charge on any atom is -0.368 e. The number of benzene rings is 1. The van der Waals surface area contributed by atoms with Crippen LogP contribution in [-0.4, -0.2) is 17.4 Å². The molecule has 21 heavy (non-hydrogen) atoms. The molecule has 110 valence electrons.